The smallest absolute Gasteiger partial charge is 0.174 e. The number of benzene rings is 1. The zero-order chi connectivity index (χ0) is 13.7. The highest BCUT2D eigenvalue weighted by Gasteiger charge is 2.06. The number of nitrogens with one attached hydrogen (secondary N) is 1. The lowest BCUT2D eigenvalue weighted by atomic mass is 10.2. The van der Waals surface area contributed by atoms with E-state index < -0.39 is 0 Å². The monoisotopic (exact) mass is 280 g/mol. The average Bonchev–Trinajstić information content (AvgIpc) is 2.81. The Hall–Kier alpha value is -1.52. The van der Waals surface area contributed by atoms with E-state index in [0.717, 1.165) is 24.3 Å². The highest BCUT2D eigenvalue weighted by molar-refractivity contribution is 6.32. The molecule has 1 heterocycles. The maximum absolute atomic E-state index is 6.18. The lowest BCUT2D eigenvalue weighted by Gasteiger charge is -2.08. The van der Waals surface area contributed by atoms with Gasteiger partial charge in [0.05, 0.1) is 10.7 Å². The number of aryl methyl sites for hydroxylation is 1. The molecule has 0 aliphatic carbocycles. The summed E-state index contributed by atoms with van der Waals surface area (Å²) in [4.78, 5) is 0. The molecule has 0 spiro atoms. The Labute approximate surface area is 117 Å². The molecule has 0 atom stereocenters. The van der Waals surface area contributed by atoms with E-state index in [1.54, 1.807) is 0 Å². The summed E-state index contributed by atoms with van der Waals surface area (Å²) in [5.74, 6) is 1.33. The Morgan fingerprint density at radius 2 is 2.21 bits per heavy atom. The first kappa shape index (κ1) is 13.9. The van der Waals surface area contributed by atoms with Crippen molar-refractivity contribution in [2.24, 2.45) is 0 Å². The Balaban J connectivity index is 1.96. The number of halogens is 1. The molecule has 19 heavy (non-hydrogen) atoms. The van der Waals surface area contributed by atoms with Gasteiger partial charge in [0.15, 0.2) is 5.76 Å². The Kier molecular flexibility index (Phi) is 4.82. The zero-order valence-corrected chi connectivity index (χ0v) is 11.8. The summed E-state index contributed by atoms with van der Waals surface area (Å²) in [5.41, 5.74) is 1.97. The second kappa shape index (κ2) is 6.59. The zero-order valence-electron chi connectivity index (χ0n) is 11.1. The fourth-order valence-electron chi connectivity index (χ4n) is 1.67. The van der Waals surface area contributed by atoms with E-state index in [-0.39, 0.29) is 0 Å². The van der Waals surface area contributed by atoms with Crippen molar-refractivity contribution in [3.63, 3.8) is 0 Å². The van der Waals surface area contributed by atoms with E-state index in [1.165, 1.54) is 0 Å². The lowest BCUT2D eigenvalue weighted by Crippen LogP contribution is -2.11. The first-order valence-electron chi connectivity index (χ1n) is 6.23. The van der Waals surface area contributed by atoms with Gasteiger partial charge in [-0.15, -0.1) is 0 Å². The lowest BCUT2D eigenvalue weighted by molar-refractivity contribution is 0.249. The van der Waals surface area contributed by atoms with E-state index in [9.17, 15) is 0 Å². The van der Waals surface area contributed by atoms with Crippen LogP contribution >= 0.6 is 11.6 Å². The predicted molar refractivity (Wildman–Crippen MR) is 74.4 cm³/mol. The summed E-state index contributed by atoms with van der Waals surface area (Å²) in [7, 11) is 0. The third-order valence-corrected chi connectivity index (χ3v) is 2.92. The molecule has 0 aliphatic rings. The summed E-state index contributed by atoms with van der Waals surface area (Å²) in [6, 6.07) is 7.62. The van der Waals surface area contributed by atoms with Crippen LogP contribution in [0, 0.1) is 6.92 Å². The van der Waals surface area contributed by atoms with E-state index in [0.29, 0.717) is 23.1 Å². The number of hydrogen-bond acceptors (Lipinski definition) is 4. The van der Waals surface area contributed by atoms with Gasteiger partial charge >= 0.3 is 0 Å². The molecule has 5 heteroatoms. The van der Waals surface area contributed by atoms with Gasteiger partial charge in [-0.05, 0) is 31.2 Å². The number of aromatic nitrogens is 1. The van der Waals surface area contributed by atoms with Gasteiger partial charge in [0.2, 0.25) is 0 Å². The Bertz CT molecular complexity index is 540. The van der Waals surface area contributed by atoms with Crippen LogP contribution in [0.25, 0.3) is 0 Å². The number of ether oxygens (including phenoxy) is 1. The van der Waals surface area contributed by atoms with Crippen LogP contribution in [0.15, 0.2) is 28.8 Å². The summed E-state index contributed by atoms with van der Waals surface area (Å²) < 4.78 is 10.7. The Morgan fingerprint density at radius 1 is 1.37 bits per heavy atom. The molecule has 1 aromatic heterocycles. The van der Waals surface area contributed by atoms with Crippen molar-refractivity contribution in [1.29, 1.82) is 0 Å². The topological polar surface area (TPSA) is 47.3 Å². The van der Waals surface area contributed by atoms with Gasteiger partial charge in [-0.1, -0.05) is 29.7 Å². The summed E-state index contributed by atoms with van der Waals surface area (Å²) in [5, 5.41) is 7.66. The molecule has 0 amide bonds. The first-order chi connectivity index (χ1) is 9.19. The van der Waals surface area contributed by atoms with Crippen LogP contribution in [-0.4, -0.2) is 11.7 Å². The van der Waals surface area contributed by atoms with Gasteiger partial charge in [-0.25, -0.2) is 0 Å². The largest absolute Gasteiger partial charge is 0.484 e. The minimum absolute atomic E-state index is 0.327. The van der Waals surface area contributed by atoms with Gasteiger partial charge in [0, 0.05) is 12.6 Å². The van der Waals surface area contributed by atoms with E-state index in [4.69, 9.17) is 20.9 Å². The highest BCUT2D eigenvalue weighted by atomic mass is 35.5. The maximum atomic E-state index is 6.18. The molecule has 0 radical (unpaired) electrons. The molecule has 102 valence electrons. The van der Waals surface area contributed by atoms with Gasteiger partial charge in [0.1, 0.15) is 12.4 Å². The summed E-state index contributed by atoms with van der Waals surface area (Å²) in [6.45, 7) is 6.00. The van der Waals surface area contributed by atoms with E-state index in [1.807, 2.05) is 31.2 Å². The molecule has 0 bridgehead atoms. The second-order valence-electron chi connectivity index (χ2n) is 4.27. The number of hydrogen-bond donors (Lipinski definition) is 1. The van der Waals surface area contributed by atoms with Gasteiger partial charge in [0.25, 0.3) is 0 Å². The van der Waals surface area contributed by atoms with Crippen molar-refractivity contribution in [2.45, 2.75) is 27.0 Å². The fourth-order valence-corrected chi connectivity index (χ4v) is 1.93. The van der Waals surface area contributed by atoms with Crippen LogP contribution < -0.4 is 10.1 Å². The average molecular weight is 281 g/mol. The maximum Gasteiger partial charge on any atom is 0.174 e. The minimum Gasteiger partial charge on any atom is -0.484 e. The van der Waals surface area contributed by atoms with Crippen LogP contribution in [0.3, 0.4) is 0 Å². The predicted octanol–water partition coefficient (Wildman–Crippen LogP) is 3.32. The number of rotatable bonds is 6. The van der Waals surface area contributed by atoms with E-state index in [2.05, 4.69) is 17.4 Å². The third-order valence-electron chi connectivity index (χ3n) is 2.62. The molecule has 1 N–H and O–H groups in total. The molecule has 2 rings (SSSR count). The van der Waals surface area contributed by atoms with Crippen LogP contribution in [0.2, 0.25) is 5.02 Å². The standard InChI is InChI=1S/C14H17ClN2O2/c1-3-16-8-11-4-5-14(13(15)7-11)18-9-12-6-10(2)17-19-12/h4-7,16H,3,8-9H2,1-2H3. The van der Waals surface area contributed by atoms with Crippen molar-refractivity contribution < 1.29 is 9.26 Å². The molecule has 0 saturated carbocycles. The highest BCUT2D eigenvalue weighted by Crippen LogP contribution is 2.26. The van der Waals surface area contributed by atoms with Crippen molar-refractivity contribution in [3.05, 3.63) is 46.3 Å². The molecule has 0 aliphatic heterocycles. The molecule has 4 nitrogen and oxygen atoms in total. The van der Waals surface area contributed by atoms with Crippen molar-refractivity contribution in [2.75, 3.05) is 6.54 Å². The normalized spacial score (nSPS) is 10.7. The first-order valence-corrected chi connectivity index (χ1v) is 6.61. The SMILES string of the molecule is CCNCc1ccc(OCc2cc(C)no2)c(Cl)c1. The van der Waals surface area contributed by atoms with Crippen LogP contribution in [0.4, 0.5) is 0 Å². The molecule has 1 aromatic carbocycles. The molecule has 0 fully saturated rings. The second-order valence-corrected chi connectivity index (χ2v) is 4.68. The third kappa shape index (κ3) is 3.98. The van der Waals surface area contributed by atoms with Crippen LogP contribution in [0.1, 0.15) is 23.9 Å². The van der Waals surface area contributed by atoms with Crippen molar-refractivity contribution >= 4 is 11.6 Å². The van der Waals surface area contributed by atoms with E-state index >= 15 is 0 Å². The van der Waals surface area contributed by atoms with Crippen LogP contribution in [0.5, 0.6) is 5.75 Å². The fraction of sp³-hybridized carbons (Fsp3) is 0.357. The van der Waals surface area contributed by atoms with Gasteiger partial charge < -0.3 is 14.6 Å². The van der Waals surface area contributed by atoms with Crippen LogP contribution in [-0.2, 0) is 13.2 Å². The quantitative estimate of drug-likeness (QED) is 0.882. The van der Waals surface area contributed by atoms with Crippen molar-refractivity contribution in [1.82, 2.24) is 10.5 Å². The molecular formula is C14H17ClN2O2. The Morgan fingerprint density at radius 3 is 2.84 bits per heavy atom. The summed E-state index contributed by atoms with van der Waals surface area (Å²) >= 11 is 6.18. The van der Waals surface area contributed by atoms with Gasteiger partial charge in [-0.2, -0.15) is 0 Å². The number of nitrogens with zero attached hydrogens (tertiary/aromatic N) is 1. The molecular weight excluding hydrogens is 264 g/mol. The summed E-state index contributed by atoms with van der Waals surface area (Å²) in [6.07, 6.45) is 0. The molecule has 0 unspecified atom stereocenters. The molecule has 2 aromatic rings. The van der Waals surface area contributed by atoms with Gasteiger partial charge in [-0.3, -0.25) is 0 Å². The molecule has 0 saturated heterocycles. The van der Waals surface area contributed by atoms with Crippen molar-refractivity contribution in [3.8, 4) is 5.75 Å². The minimum atomic E-state index is 0.327.